The predicted octanol–water partition coefficient (Wildman–Crippen LogP) is 4.91. The van der Waals surface area contributed by atoms with Gasteiger partial charge in [-0.2, -0.15) is 0 Å². The minimum Gasteiger partial charge on any atom is -0.491 e. The van der Waals surface area contributed by atoms with E-state index < -0.39 is 0 Å². The number of anilines is 2. The molecule has 3 rings (SSSR count). The highest BCUT2D eigenvalue weighted by Gasteiger charge is 2.10. The molecule has 0 spiro atoms. The van der Waals surface area contributed by atoms with Gasteiger partial charge in [-0.15, -0.1) is 0 Å². The molecule has 0 aromatic heterocycles. The molecule has 2 amide bonds. The van der Waals surface area contributed by atoms with Crippen LogP contribution in [0.4, 0.5) is 11.4 Å². The Morgan fingerprint density at radius 3 is 2.16 bits per heavy atom. The van der Waals surface area contributed by atoms with E-state index in [-0.39, 0.29) is 11.8 Å². The molecule has 0 heterocycles. The van der Waals surface area contributed by atoms with Crippen molar-refractivity contribution in [2.24, 2.45) is 0 Å². The topological polar surface area (TPSA) is 76.7 Å². The van der Waals surface area contributed by atoms with Gasteiger partial charge in [-0.25, -0.2) is 0 Å². The first-order valence-corrected chi connectivity index (χ1v) is 10.2. The highest BCUT2D eigenvalue weighted by atomic mass is 16.5. The molecule has 0 aliphatic carbocycles. The predicted molar refractivity (Wildman–Crippen MR) is 122 cm³/mol. The van der Waals surface area contributed by atoms with Crippen LogP contribution in [0.2, 0.25) is 0 Å². The second-order valence-electron chi connectivity index (χ2n) is 6.87. The maximum atomic E-state index is 12.5. The molecule has 0 fully saturated rings. The van der Waals surface area contributed by atoms with E-state index in [9.17, 15) is 9.59 Å². The summed E-state index contributed by atoms with van der Waals surface area (Å²) in [7, 11) is 0. The van der Waals surface area contributed by atoms with Gasteiger partial charge < -0.3 is 20.1 Å². The number of amides is 2. The smallest absolute Gasteiger partial charge is 0.255 e. The summed E-state index contributed by atoms with van der Waals surface area (Å²) < 4.78 is 10.8. The van der Waals surface area contributed by atoms with E-state index in [1.54, 1.807) is 48.5 Å². The van der Waals surface area contributed by atoms with E-state index in [1.165, 1.54) is 0 Å². The zero-order valence-corrected chi connectivity index (χ0v) is 17.7. The molecule has 160 valence electrons. The molecule has 0 atom stereocenters. The lowest BCUT2D eigenvalue weighted by atomic mass is 10.1. The molecule has 0 saturated carbocycles. The summed E-state index contributed by atoms with van der Waals surface area (Å²) in [6.07, 6.45) is 0. The van der Waals surface area contributed by atoms with Crippen LogP contribution in [0.5, 0.6) is 5.75 Å². The number of aryl methyl sites for hydroxylation is 1. The third-order valence-corrected chi connectivity index (χ3v) is 4.59. The standard InChI is InChI=1S/C25H26N2O4/c1-3-30-15-16-31-22-12-9-20(10-13-22)24(28)26-21-11-14-23(18(2)17-21)27-25(29)19-7-5-4-6-8-19/h4-14,17H,3,15-16H2,1-2H3,(H,26,28)(H,27,29). The summed E-state index contributed by atoms with van der Waals surface area (Å²) in [6.45, 7) is 5.46. The average Bonchev–Trinajstić information content (AvgIpc) is 2.79. The fraction of sp³-hybridized carbons (Fsp3) is 0.200. The van der Waals surface area contributed by atoms with E-state index in [0.29, 0.717) is 48.1 Å². The first-order valence-electron chi connectivity index (χ1n) is 10.2. The van der Waals surface area contributed by atoms with Crippen molar-refractivity contribution in [3.63, 3.8) is 0 Å². The molecule has 0 aliphatic heterocycles. The summed E-state index contributed by atoms with van der Waals surface area (Å²) in [6, 6.07) is 21.3. The number of rotatable bonds is 9. The van der Waals surface area contributed by atoms with Crippen molar-refractivity contribution >= 4 is 23.2 Å². The first-order chi connectivity index (χ1) is 15.1. The third kappa shape index (κ3) is 6.42. The molecule has 31 heavy (non-hydrogen) atoms. The molecule has 2 N–H and O–H groups in total. The summed E-state index contributed by atoms with van der Waals surface area (Å²) >= 11 is 0. The highest BCUT2D eigenvalue weighted by molar-refractivity contribution is 6.06. The zero-order valence-electron chi connectivity index (χ0n) is 17.7. The maximum absolute atomic E-state index is 12.5. The number of carbonyl (C=O) groups excluding carboxylic acids is 2. The van der Waals surface area contributed by atoms with Crippen LogP contribution in [-0.4, -0.2) is 31.6 Å². The molecule has 0 saturated heterocycles. The Hall–Kier alpha value is -3.64. The van der Waals surface area contributed by atoms with E-state index in [1.807, 2.05) is 38.1 Å². The van der Waals surface area contributed by atoms with Crippen molar-refractivity contribution in [1.82, 2.24) is 0 Å². The van der Waals surface area contributed by atoms with Crippen LogP contribution in [0.3, 0.4) is 0 Å². The minimum absolute atomic E-state index is 0.177. The van der Waals surface area contributed by atoms with Gasteiger partial charge in [-0.3, -0.25) is 9.59 Å². The second-order valence-corrected chi connectivity index (χ2v) is 6.87. The number of carbonyl (C=O) groups is 2. The van der Waals surface area contributed by atoms with Gasteiger partial charge in [0.15, 0.2) is 0 Å². The van der Waals surface area contributed by atoms with Gasteiger partial charge in [0.2, 0.25) is 0 Å². The fourth-order valence-electron chi connectivity index (χ4n) is 2.93. The summed E-state index contributed by atoms with van der Waals surface area (Å²) in [5.41, 5.74) is 3.30. The number of hydrogen-bond donors (Lipinski definition) is 2. The van der Waals surface area contributed by atoms with Crippen LogP contribution in [0.15, 0.2) is 72.8 Å². The number of ether oxygens (including phenoxy) is 2. The van der Waals surface area contributed by atoms with Gasteiger partial charge in [-0.05, 0) is 74.0 Å². The van der Waals surface area contributed by atoms with Crippen LogP contribution < -0.4 is 15.4 Å². The van der Waals surface area contributed by atoms with Crippen molar-refractivity contribution in [3.05, 3.63) is 89.5 Å². The van der Waals surface area contributed by atoms with Gasteiger partial charge >= 0.3 is 0 Å². The maximum Gasteiger partial charge on any atom is 0.255 e. The number of hydrogen-bond acceptors (Lipinski definition) is 4. The summed E-state index contributed by atoms with van der Waals surface area (Å²) in [5.74, 6) is 0.288. The Balaban J connectivity index is 1.58. The molecule has 3 aromatic rings. The highest BCUT2D eigenvalue weighted by Crippen LogP contribution is 2.21. The van der Waals surface area contributed by atoms with Gasteiger partial charge in [-0.1, -0.05) is 18.2 Å². The molecule has 6 nitrogen and oxygen atoms in total. The summed E-state index contributed by atoms with van der Waals surface area (Å²) in [5, 5.41) is 5.77. The van der Waals surface area contributed by atoms with Crippen molar-refractivity contribution in [2.45, 2.75) is 13.8 Å². The number of benzene rings is 3. The van der Waals surface area contributed by atoms with Crippen molar-refractivity contribution in [3.8, 4) is 5.75 Å². The summed E-state index contributed by atoms with van der Waals surface area (Å²) in [4.78, 5) is 24.9. The molecular formula is C25H26N2O4. The Morgan fingerprint density at radius 1 is 0.806 bits per heavy atom. The van der Waals surface area contributed by atoms with E-state index in [2.05, 4.69) is 10.6 Å². The van der Waals surface area contributed by atoms with Gasteiger partial charge in [0.05, 0.1) is 6.61 Å². The largest absolute Gasteiger partial charge is 0.491 e. The molecule has 0 radical (unpaired) electrons. The Bertz CT molecular complexity index is 1020. The Labute approximate surface area is 182 Å². The number of nitrogens with one attached hydrogen (secondary N) is 2. The lowest BCUT2D eigenvalue weighted by Crippen LogP contribution is -2.14. The first kappa shape index (κ1) is 22.1. The molecule has 0 aliphatic rings. The quantitative estimate of drug-likeness (QED) is 0.484. The molecule has 3 aromatic carbocycles. The molecule has 0 unspecified atom stereocenters. The van der Waals surface area contributed by atoms with Crippen molar-refractivity contribution in [1.29, 1.82) is 0 Å². The lowest BCUT2D eigenvalue weighted by Gasteiger charge is -2.12. The van der Waals surface area contributed by atoms with E-state index in [4.69, 9.17) is 9.47 Å². The second kappa shape index (κ2) is 10.9. The monoisotopic (exact) mass is 418 g/mol. The molecular weight excluding hydrogens is 392 g/mol. The lowest BCUT2D eigenvalue weighted by molar-refractivity contribution is 0.101. The van der Waals surface area contributed by atoms with E-state index in [0.717, 1.165) is 5.56 Å². The fourth-order valence-corrected chi connectivity index (χ4v) is 2.93. The van der Waals surface area contributed by atoms with Gasteiger partial charge in [0, 0.05) is 29.1 Å². The van der Waals surface area contributed by atoms with Crippen LogP contribution in [0, 0.1) is 6.92 Å². The molecule has 0 bridgehead atoms. The molecule has 6 heteroatoms. The van der Waals surface area contributed by atoms with Gasteiger partial charge in [0.1, 0.15) is 12.4 Å². The van der Waals surface area contributed by atoms with Crippen LogP contribution >= 0.6 is 0 Å². The van der Waals surface area contributed by atoms with E-state index >= 15 is 0 Å². The normalized spacial score (nSPS) is 10.4. The zero-order chi connectivity index (χ0) is 22.1. The van der Waals surface area contributed by atoms with Crippen LogP contribution in [0.1, 0.15) is 33.2 Å². The van der Waals surface area contributed by atoms with Crippen LogP contribution in [0.25, 0.3) is 0 Å². The van der Waals surface area contributed by atoms with Crippen molar-refractivity contribution in [2.75, 3.05) is 30.5 Å². The van der Waals surface area contributed by atoms with Gasteiger partial charge in [0.25, 0.3) is 11.8 Å². The third-order valence-electron chi connectivity index (χ3n) is 4.59. The minimum atomic E-state index is -0.221. The van der Waals surface area contributed by atoms with Crippen molar-refractivity contribution < 1.29 is 19.1 Å². The average molecular weight is 418 g/mol. The Morgan fingerprint density at radius 2 is 1.48 bits per heavy atom. The van der Waals surface area contributed by atoms with Crippen LogP contribution in [-0.2, 0) is 4.74 Å². The Kier molecular flexibility index (Phi) is 7.79. The SMILES string of the molecule is CCOCCOc1ccc(C(=O)Nc2ccc(NC(=O)c3ccccc3)c(C)c2)cc1.